The summed E-state index contributed by atoms with van der Waals surface area (Å²) in [5.74, 6) is -0.252. The van der Waals surface area contributed by atoms with Gasteiger partial charge < -0.3 is 14.5 Å². The molecule has 0 aliphatic carbocycles. The summed E-state index contributed by atoms with van der Waals surface area (Å²) < 4.78 is 37.8. The SMILES string of the molecule is CCOC(=O)CCCNC(=O)CSc1nnc(-c2cccc(S(=O)(=O)N3CCCCC3)c2)o1. The van der Waals surface area contributed by atoms with Crippen molar-refractivity contribution >= 4 is 33.7 Å². The van der Waals surface area contributed by atoms with E-state index in [1.807, 2.05) is 0 Å². The predicted octanol–water partition coefficient (Wildman–Crippen LogP) is 2.46. The molecule has 0 saturated carbocycles. The number of amides is 1. The van der Waals surface area contributed by atoms with E-state index >= 15 is 0 Å². The molecule has 3 rings (SSSR count). The third-order valence-electron chi connectivity index (χ3n) is 4.95. The average Bonchev–Trinajstić information content (AvgIpc) is 3.30. The monoisotopic (exact) mass is 496 g/mol. The van der Waals surface area contributed by atoms with Crippen LogP contribution in [0.15, 0.2) is 38.8 Å². The quantitative estimate of drug-likeness (QED) is 0.283. The number of carbonyl (C=O) groups is 2. The topological polar surface area (TPSA) is 132 Å². The van der Waals surface area contributed by atoms with Crippen LogP contribution in [0.4, 0.5) is 0 Å². The van der Waals surface area contributed by atoms with E-state index in [-0.39, 0.29) is 40.1 Å². The third-order valence-corrected chi connectivity index (χ3v) is 7.67. The van der Waals surface area contributed by atoms with Crippen molar-refractivity contribution in [2.75, 3.05) is 32.0 Å². The maximum absolute atomic E-state index is 12.9. The summed E-state index contributed by atoms with van der Waals surface area (Å²) in [6.07, 6.45) is 3.52. The summed E-state index contributed by atoms with van der Waals surface area (Å²) in [5, 5.41) is 10.8. The number of carbonyl (C=O) groups excluding carboxylic acids is 2. The Labute approximate surface area is 197 Å². The lowest BCUT2D eigenvalue weighted by Crippen LogP contribution is -2.35. The van der Waals surface area contributed by atoms with Crippen molar-refractivity contribution in [2.45, 2.75) is 49.1 Å². The zero-order valence-corrected chi connectivity index (χ0v) is 20.1. The molecule has 0 unspecified atom stereocenters. The summed E-state index contributed by atoms with van der Waals surface area (Å²) in [4.78, 5) is 23.4. The molecule has 0 spiro atoms. The second-order valence-corrected chi connectivity index (χ2v) is 10.3. The summed E-state index contributed by atoms with van der Waals surface area (Å²) >= 11 is 1.08. The maximum atomic E-state index is 12.9. The average molecular weight is 497 g/mol. The maximum Gasteiger partial charge on any atom is 0.305 e. The number of nitrogens with one attached hydrogen (secondary N) is 1. The Balaban J connectivity index is 1.52. The summed E-state index contributed by atoms with van der Waals surface area (Å²) in [7, 11) is -3.57. The molecule has 10 nitrogen and oxygen atoms in total. The van der Waals surface area contributed by atoms with Crippen LogP contribution >= 0.6 is 11.8 Å². The predicted molar refractivity (Wildman–Crippen MR) is 122 cm³/mol. The molecule has 1 aromatic heterocycles. The van der Waals surface area contributed by atoms with Crippen LogP contribution in [0, 0.1) is 0 Å². The minimum atomic E-state index is -3.57. The summed E-state index contributed by atoms with van der Waals surface area (Å²) in [5.41, 5.74) is 0.496. The van der Waals surface area contributed by atoms with Gasteiger partial charge in [-0.25, -0.2) is 8.42 Å². The molecule has 1 aliphatic rings. The molecular formula is C21H28N4O6S2. The van der Waals surface area contributed by atoms with Crippen molar-refractivity contribution in [3.63, 3.8) is 0 Å². The van der Waals surface area contributed by atoms with Gasteiger partial charge in [0.15, 0.2) is 0 Å². The number of benzene rings is 1. The Hall–Kier alpha value is -2.44. The molecule has 1 N–H and O–H groups in total. The first kappa shape index (κ1) is 25.2. The van der Waals surface area contributed by atoms with Gasteiger partial charge in [0.05, 0.1) is 17.3 Å². The van der Waals surface area contributed by atoms with Gasteiger partial charge in [0, 0.05) is 31.6 Å². The van der Waals surface area contributed by atoms with E-state index in [1.165, 1.54) is 10.4 Å². The van der Waals surface area contributed by atoms with Crippen molar-refractivity contribution in [1.82, 2.24) is 19.8 Å². The van der Waals surface area contributed by atoms with Crippen LogP contribution in [0.3, 0.4) is 0 Å². The highest BCUT2D eigenvalue weighted by Gasteiger charge is 2.26. The molecule has 1 aromatic carbocycles. The number of ether oxygens (including phenoxy) is 1. The summed E-state index contributed by atoms with van der Waals surface area (Å²) in [6, 6.07) is 6.44. The first-order valence-electron chi connectivity index (χ1n) is 10.9. The van der Waals surface area contributed by atoms with E-state index in [9.17, 15) is 18.0 Å². The van der Waals surface area contributed by atoms with Gasteiger partial charge in [-0.15, -0.1) is 10.2 Å². The van der Waals surface area contributed by atoms with Crippen molar-refractivity contribution in [1.29, 1.82) is 0 Å². The lowest BCUT2D eigenvalue weighted by Gasteiger charge is -2.25. The van der Waals surface area contributed by atoms with Gasteiger partial charge in [-0.1, -0.05) is 24.2 Å². The Morgan fingerprint density at radius 3 is 2.76 bits per heavy atom. The van der Waals surface area contributed by atoms with Crippen LogP contribution < -0.4 is 5.32 Å². The molecular weight excluding hydrogens is 468 g/mol. The molecule has 1 aliphatic heterocycles. The van der Waals surface area contributed by atoms with E-state index < -0.39 is 10.0 Å². The molecule has 180 valence electrons. The number of aromatic nitrogens is 2. The number of piperidine rings is 1. The van der Waals surface area contributed by atoms with E-state index in [0.29, 0.717) is 38.2 Å². The molecule has 33 heavy (non-hydrogen) atoms. The van der Waals surface area contributed by atoms with Crippen LogP contribution in [0.5, 0.6) is 0 Å². The van der Waals surface area contributed by atoms with Crippen LogP contribution in [-0.2, 0) is 24.3 Å². The Morgan fingerprint density at radius 2 is 2.00 bits per heavy atom. The van der Waals surface area contributed by atoms with E-state index in [2.05, 4.69) is 15.5 Å². The van der Waals surface area contributed by atoms with E-state index in [0.717, 1.165) is 31.0 Å². The highest BCUT2D eigenvalue weighted by molar-refractivity contribution is 7.99. The molecule has 0 bridgehead atoms. The van der Waals surface area contributed by atoms with Gasteiger partial charge in [-0.2, -0.15) is 4.31 Å². The van der Waals surface area contributed by atoms with Gasteiger partial charge in [0.25, 0.3) is 5.22 Å². The molecule has 0 radical (unpaired) electrons. The van der Waals surface area contributed by atoms with Crippen LogP contribution in [-0.4, -0.2) is 66.8 Å². The largest absolute Gasteiger partial charge is 0.466 e. The number of thioether (sulfide) groups is 1. The van der Waals surface area contributed by atoms with E-state index in [1.54, 1.807) is 25.1 Å². The minimum Gasteiger partial charge on any atom is -0.466 e. The van der Waals surface area contributed by atoms with Gasteiger partial charge in [-0.05, 0) is 44.4 Å². The fourth-order valence-corrected chi connectivity index (χ4v) is 5.46. The van der Waals surface area contributed by atoms with Gasteiger partial charge in [0.2, 0.25) is 21.8 Å². The van der Waals surface area contributed by atoms with Gasteiger partial charge >= 0.3 is 5.97 Å². The number of nitrogens with zero attached hydrogens (tertiary/aromatic N) is 3. The first-order chi connectivity index (χ1) is 15.9. The van der Waals surface area contributed by atoms with Crippen LogP contribution in [0.1, 0.15) is 39.0 Å². The molecule has 12 heteroatoms. The van der Waals surface area contributed by atoms with Crippen LogP contribution in [0.2, 0.25) is 0 Å². The lowest BCUT2D eigenvalue weighted by molar-refractivity contribution is -0.143. The second-order valence-electron chi connectivity index (χ2n) is 7.41. The molecule has 1 saturated heterocycles. The molecule has 2 aromatic rings. The number of sulfonamides is 1. The number of esters is 1. The molecule has 1 amide bonds. The number of hydrogen-bond acceptors (Lipinski definition) is 9. The van der Waals surface area contributed by atoms with E-state index in [4.69, 9.17) is 9.15 Å². The van der Waals surface area contributed by atoms with Crippen molar-refractivity contribution in [3.05, 3.63) is 24.3 Å². The van der Waals surface area contributed by atoms with Gasteiger partial charge in [-0.3, -0.25) is 9.59 Å². The molecule has 2 heterocycles. The summed E-state index contributed by atoms with van der Waals surface area (Å²) in [6.45, 7) is 3.50. The first-order valence-corrected chi connectivity index (χ1v) is 13.3. The van der Waals surface area contributed by atoms with Crippen molar-refractivity contribution in [2.24, 2.45) is 0 Å². The fourth-order valence-electron chi connectivity index (χ4n) is 3.30. The highest BCUT2D eigenvalue weighted by Crippen LogP contribution is 2.27. The van der Waals surface area contributed by atoms with Gasteiger partial charge in [0.1, 0.15) is 0 Å². The molecule has 0 atom stereocenters. The minimum absolute atomic E-state index is 0.0738. The van der Waals surface area contributed by atoms with Crippen molar-refractivity contribution in [3.8, 4) is 11.5 Å². The highest BCUT2D eigenvalue weighted by atomic mass is 32.2. The van der Waals surface area contributed by atoms with Crippen molar-refractivity contribution < 1.29 is 27.2 Å². The second kappa shape index (κ2) is 12.1. The fraction of sp³-hybridized carbons (Fsp3) is 0.524. The third kappa shape index (κ3) is 7.27. The Morgan fingerprint density at radius 1 is 1.21 bits per heavy atom. The zero-order chi connectivity index (χ0) is 23.7. The smallest absolute Gasteiger partial charge is 0.305 e. The normalized spacial score (nSPS) is 14.7. The molecule has 1 fully saturated rings. The van der Waals surface area contributed by atoms with Crippen LogP contribution in [0.25, 0.3) is 11.5 Å². The Bertz CT molecular complexity index is 1050. The zero-order valence-electron chi connectivity index (χ0n) is 18.5. The lowest BCUT2D eigenvalue weighted by atomic mass is 10.2. The number of hydrogen-bond donors (Lipinski definition) is 1. The standard InChI is InChI=1S/C21H28N4O6S2/c1-2-30-19(27)10-7-11-22-18(26)15-32-21-24-23-20(31-21)16-8-6-9-17(14-16)33(28,29)25-12-4-3-5-13-25/h6,8-9,14H,2-5,7,10-13,15H2,1H3,(H,22,26). The Kier molecular flexibility index (Phi) is 9.27. The number of rotatable bonds is 11.